The molecule has 31 heavy (non-hydrogen) atoms. The molecule has 0 saturated heterocycles. The van der Waals surface area contributed by atoms with Gasteiger partial charge in [-0.3, -0.25) is 9.71 Å². The highest BCUT2D eigenvalue weighted by molar-refractivity contribution is 7.92. The maximum atomic E-state index is 14.2. The lowest BCUT2D eigenvalue weighted by atomic mass is 10.0. The number of benzene rings is 2. The maximum Gasteiger partial charge on any atom is 0.232 e. The number of nitrogens with one attached hydrogen (secondary N) is 1. The number of sulfonamides is 1. The molecular weight excluding hydrogens is 422 g/mol. The van der Waals surface area contributed by atoms with Crippen molar-refractivity contribution in [1.29, 1.82) is 0 Å². The third-order valence-corrected chi connectivity index (χ3v) is 5.68. The van der Waals surface area contributed by atoms with Gasteiger partial charge in [-0.05, 0) is 74.9 Å². The van der Waals surface area contributed by atoms with Crippen LogP contribution in [0.25, 0.3) is 17.2 Å². The average Bonchev–Trinajstić information content (AvgIpc) is 2.70. The Labute approximate surface area is 180 Å². The smallest absolute Gasteiger partial charge is 0.232 e. The number of ether oxygens (including phenoxy) is 1. The van der Waals surface area contributed by atoms with Gasteiger partial charge in [0, 0.05) is 23.0 Å². The van der Waals surface area contributed by atoms with Crippen molar-refractivity contribution in [3.63, 3.8) is 0 Å². The van der Waals surface area contributed by atoms with Crippen molar-refractivity contribution in [1.82, 2.24) is 4.98 Å². The minimum absolute atomic E-state index is 0.0822. The molecule has 3 rings (SSSR count). The number of allylic oxidation sites excluding steroid dienone is 1. The van der Waals surface area contributed by atoms with E-state index in [9.17, 15) is 17.2 Å². The molecule has 0 spiro atoms. The standard InChI is InChI=1S/C23H22F2N2O3S/c1-4-6-18-12-16(11-15(3)26-18)20-14-19(27-31(28,29)5-2)8-10-22(20)30-23-9-7-17(24)13-21(23)25/h4,6-14,27H,5H2,1-3H3. The highest BCUT2D eigenvalue weighted by Crippen LogP contribution is 2.37. The van der Waals surface area contributed by atoms with Gasteiger partial charge in [0.1, 0.15) is 11.6 Å². The molecule has 1 N–H and O–H groups in total. The lowest BCUT2D eigenvalue weighted by Crippen LogP contribution is -2.14. The molecule has 1 heterocycles. The normalized spacial score (nSPS) is 11.6. The Kier molecular flexibility index (Phi) is 6.70. The molecule has 0 aliphatic heterocycles. The molecule has 0 amide bonds. The summed E-state index contributed by atoms with van der Waals surface area (Å²) in [5.74, 6) is -1.51. The van der Waals surface area contributed by atoms with Gasteiger partial charge < -0.3 is 4.74 Å². The molecule has 0 saturated carbocycles. The van der Waals surface area contributed by atoms with Crippen LogP contribution in [0.3, 0.4) is 0 Å². The van der Waals surface area contributed by atoms with Gasteiger partial charge in [0.05, 0.1) is 11.4 Å². The zero-order valence-corrected chi connectivity index (χ0v) is 18.1. The van der Waals surface area contributed by atoms with Crippen molar-refractivity contribution in [3.05, 3.63) is 77.6 Å². The van der Waals surface area contributed by atoms with Crippen LogP contribution in [-0.2, 0) is 10.0 Å². The maximum absolute atomic E-state index is 14.2. The van der Waals surface area contributed by atoms with Gasteiger partial charge in [0.15, 0.2) is 11.6 Å². The Morgan fingerprint density at radius 3 is 2.48 bits per heavy atom. The minimum Gasteiger partial charge on any atom is -0.454 e. The Balaban J connectivity index is 2.14. The van der Waals surface area contributed by atoms with Crippen LogP contribution < -0.4 is 9.46 Å². The van der Waals surface area contributed by atoms with Crippen molar-refractivity contribution < 1.29 is 21.9 Å². The summed E-state index contributed by atoms with van der Waals surface area (Å²) in [6, 6.07) is 11.3. The molecule has 2 aromatic carbocycles. The highest BCUT2D eigenvalue weighted by atomic mass is 32.2. The van der Waals surface area contributed by atoms with Crippen LogP contribution in [0.5, 0.6) is 11.5 Å². The molecule has 0 atom stereocenters. The van der Waals surface area contributed by atoms with E-state index in [1.807, 2.05) is 38.1 Å². The molecule has 0 aliphatic carbocycles. The number of halogens is 2. The van der Waals surface area contributed by atoms with Crippen LogP contribution in [-0.4, -0.2) is 19.2 Å². The molecule has 8 heteroatoms. The summed E-state index contributed by atoms with van der Waals surface area (Å²) < 4.78 is 59.7. The number of anilines is 1. The first-order valence-electron chi connectivity index (χ1n) is 9.60. The summed E-state index contributed by atoms with van der Waals surface area (Å²) in [6.07, 6.45) is 3.68. The topological polar surface area (TPSA) is 68.3 Å². The number of nitrogens with zero attached hydrogens (tertiary/aromatic N) is 1. The summed E-state index contributed by atoms with van der Waals surface area (Å²) >= 11 is 0. The second-order valence-electron chi connectivity index (χ2n) is 6.82. The fourth-order valence-electron chi connectivity index (χ4n) is 2.94. The first-order chi connectivity index (χ1) is 14.7. The number of hydrogen-bond donors (Lipinski definition) is 1. The zero-order valence-electron chi connectivity index (χ0n) is 17.3. The highest BCUT2D eigenvalue weighted by Gasteiger charge is 2.15. The summed E-state index contributed by atoms with van der Waals surface area (Å²) in [5, 5.41) is 0. The predicted molar refractivity (Wildman–Crippen MR) is 119 cm³/mol. The zero-order chi connectivity index (χ0) is 22.6. The van der Waals surface area contributed by atoms with Gasteiger partial charge in [-0.2, -0.15) is 0 Å². The van der Waals surface area contributed by atoms with Gasteiger partial charge in [-0.25, -0.2) is 17.2 Å². The van der Waals surface area contributed by atoms with E-state index in [0.29, 0.717) is 22.5 Å². The first-order valence-corrected chi connectivity index (χ1v) is 11.2. The number of aryl methyl sites for hydroxylation is 1. The molecule has 3 aromatic rings. The van der Waals surface area contributed by atoms with Crippen LogP contribution in [0.1, 0.15) is 25.2 Å². The van der Waals surface area contributed by atoms with Gasteiger partial charge in [-0.15, -0.1) is 0 Å². The van der Waals surface area contributed by atoms with E-state index in [4.69, 9.17) is 4.74 Å². The van der Waals surface area contributed by atoms with Crippen molar-refractivity contribution in [2.45, 2.75) is 20.8 Å². The fourth-order valence-corrected chi connectivity index (χ4v) is 3.57. The Morgan fingerprint density at radius 1 is 1.06 bits per heavy atom. The van der Waals surface area contributed by atoms with Gasteiger partial charge in [0.25, 0.3) is 0 Å². The lowest BCUT2D eigenvalue weighted by molar-refractivity contribution is 0.439. The Morgan fingerprint density at radius 2 is 1.81 bits per heavy atom. The molecular formula is C23H22F2N2O3S. The molecule has 0 fully saturated rings. The Bertz CT molecular complexity index is 1240. The van der Waals surface area contributed by atoms with Crippen molar-refractivity contribution in [2.75, 3.05) is 10.5 Å². The van der Waals surface area contributed by atoms with Crippen molar-refractivity contribution in [3.8, 4) is 22.6 Å². The summed E-state index contributed by atoms with van der Waals surface area (Å²) in [7, 11) is -3.50. The fraction of sp³-hybridized carbons (Fsp3) is 0.174. The lowest BCUT2D eigenvalue weighted by Gasteiger charge is -2.15. The summed E-state index contributed by atoms with van der Waals surface area (Å²) in [4.78, 5) is 4.44. The Hall–Kier alpha value is -3.26. The van der Waals surface area contributed by atoms with Crippen LogP contribution in [0, 0.1) is 18.6 Å². The third-order valence-electron chi connectivity index (χ3n) is 4.37. The van der Waals surface area contributed by atoms with Crippen molar-refractivity contribution in [2.24, 2.45) is 0 Å². The number of pyridine rings is 1. The van der Waals surface area contributed by atoms with Gasteiger partial charge in [-0.1, -0.05) is 6.08 Å². The van der Waals surface area contributed by atoms with Crippen LogP contribution in [0.15, 0.2) is 54.6 Å². The van der Waals surface area contributed by atoms with Gasteiger partial charge >= 0.3 is 0 Å². The number of aromatic nitrogens is 1. The summed E-state index contributed by atoms with van der Waals surface area (Å²) in [6.45, 7) is 5.24. The van der Waals surface area contributed by atoms with E-state index >= 15 is 0 Å². The molecule has 0 unspecified atom stereocenters. The predicted octanol–water partition coefficient (Wildman–Crippen LogP) is 5.92. The van der Waals surface area contributed by atoms with Crippen molar-refractivity contribution >= 4 is 21.8 Å². The molecule has 5 nitrogen and oxygen atoms in total. The van der Waals surface area contributed by atoms with Crippen LogP contribution in [0.4, 0.5) is 14.5 Å². The second-order valence-corrected chi connectivity index (χ2v) is 8.83. The molecule has 0 aliphatic rings. The van der Waals surface area contributed by atoms with E-state index in [0.717, 1.165) is 17.8 Å². The average molecular weight is 445 g/mol. The first kappa shape index (κ1) is 22.4. The van der Waals surface area contributed by atoms with Crippen LogP contribution in [0.2, 0.25) is 0 Å². The number of rotatable bonds is 7. The monoisotopic (exact) mass is 444 g/mol. The van der Waals surface area contributed by atoms with E-state index in [1.165, 1.54) is 25.1 Å². The second kappa shape index (κ2) is 9.26. The van der Waals surface area contributed by atoms with E-state index in [1.54, 1.807) is 6.07 Å². The minimum atomic E-state index is -3.50. The largest absolute Gasteiger partial charge is 0.454 e. The molecule has 1 aromatic heterocycles. The molecule has 0 bridgehead atoms. The van der Waals surface area contributed by atoms with E-state index in [-0.39, 0.29) is 17.3 Å². The SMILES string of the molecule is CC=Cc1cc(-c2cc(NS(=O)(=O)CC)ccc2Oc2ccc(F)cc2F)cc(C)n1. The van der Waals surface area contributed by atoms with E-state index < -0.39 is 21.7 Å². The quantitative estimate of drug-likeness (QED) is 0.491. The number of hydrogen-bond acceptors (Lipinski definition) is 4. The van der Waals surface area contributed by atoms with E-state index in [2.05, 4.69) is 9.71 Å². The third kappa shape index (κ3) is 5.67. The molecule has 0 radical (unpaired) electrons. The van der Waals surface area contributed by atoms with Crippen LogP contribution >= 0.6 is 0 Å². The summed E-state index contributed by atoms with van der Waals surface area (Å²) in [5.41, 5.74) is 3.01. The molecule has 162 valence electrons. The van der Waals surface area contributed by atoms with Gasteiger partial charge in [0.2, 0.25) is 10.0 Å².